The molecule has 0 aliphatic heterocycles. The van der Waals surface area contributed by atoms with Crippen molar-refractivity contribution in [1.29, 1.82) is 0 Å². The van der Waals surface area contributed by atoms with E-state index in [0.29, 0.717) is 18.3 Å². The van der Waals surface area contributed by atoms with Gasteiger partial charge in [0.05, 0.1) is 17.9 Å². The molecular weight excluding hydrogens is 932 g/mol. The van der Waals surface area contributed by atoms with Crippen molar-refractivity contribution in [3.63, 3.8) is 0 Å². The number of pyridine rings is 2. The molecule has 1 fully saturated rings. The van der Waals surface area contributed by atoms with E-state index in [1.165, 1.54) is 42.9 Å². The number of rotatable bonds is 12. The predicted molar refractivity (Wildman–Crippen MR) is 250 cm³/mol. The van der Waals surface area contributed by atoms with E-state index in [2.05, 4.69) is 85.3 Å². The zero-order valence-corrected chi connectivity index (χ0v) is 39.9. The molecule has 1 saturated carbocycles. The van der Waals surface area contributed by atoms with E-state index >= 15 is 0 Å². The van der Waals surface area contributed by atoms with Gasteiger partial charge in [-0.1, -0.05) is 112 Å². The first-order valence-electron chi connectivity index (χ1n) is 23.8. The van der Waals surface area contributed by atoms with Crippen LogP contribution < -0.4 is 0 Å². The van der Waals surface area contributed by atoms with E-state index in [-0.39, 0.29) is 74.3 Å². The number of aliphatic hydroxyl groups excluding tert-OH is 1. The summed E-state index contributed by atoms with van der Waals surface area (Å²) in [7, 11) is 0. The Bertz CT molecular complexity index is 2580. The number of hydrogen-bond acceptors (Lipinski definition) is 4. The van der Waals surface area contributed by atoms with Crippen molar-refractivity contribution in [1.82, 2.24) is 9.97 Å². The van der Waals surface area contributed by atoms with Crippen LogP contribution >= 0.6 is 0 Å². The fourth-order valence-electron chi connectivity index (χ4n) is 8.25. The van der Waals surface area contributed by atoms with Gasteiger partial charge in [-0.05, 0) is 107 Å². The fourth-order valence-corrected chi connectivity index (χ4v) is 8.25. The number of ketones is 1. The molecule has 4 nitrogen and oxygen atoms in total. The molecule has 1 atom stereocenters. The van der Waals surface area contributed by atoms with Gasteiger partial charge in [-0.3, -0.25) is 9.18 Å². The Labute approximate surface area is 384 Å². The zero-order valence-electron chi connectivity index (χ0n) is 41.5. The van der Waals surface area contributed by atoms with Crippen LogP contribution in [-0.2, 0) is 24.9 Å². The molecule has 7 rings (SSSR count). The smallest absolute Gasteiger partial charge is 0.162 e. The number of hydrogen-bond donors (Lipinski definition) is 1. The van der Waals surface area contributed by atoms with Crippen molar-refractivity contribution in [3.8, 4) is 22.5 Å². The summed E-state index contributed by atoms with van der Waals surface area (Å²) in [6, 6.07) is 27.9. The summed E-state index contributed by atoms with van der Waals surface area (Å²) in [6.45, 7) is 17.7. The second-order valence-electron chi connectivity index (χ2n) is 16.7. The Morgan fingerprint density at radius 2 is 1.30 bits per heavy atom. The minimum atomic E-state index is -0.463. The van der Waals surface area contributed by atoms with E-state index in [1.807, 2.05) is 59.7 Å². The van der Waals surface area contributed by atoms with Crippen LogP contribution in [0.3, 0.4) is 0 Å². The first-order chi connectivity index (χ1) is 30.5. The maximum atomic E-state index is 12.2. The van der Waals surface area contributed by atoms with Crippen LogP contribution in [-0.4, -0.2) is 27.5 Å². The molecule has 0 amide bonds. The van der Waals surface area contributed by atoms with Crippen LogP contribution in [0.25, 0.3) is 44.1 Å². The number of carbonyl (C=O) groups is 1. The SMILES string of the molecule is CCC(CC)C(=O)/C=C(\O)C(CC)CCF.[2H]c1nc(-c2[c-]c(C)cc(C)c2)c2ccc(C(C)C)cc2c1[2H].[2H]c1nc(-c2[c-]c(C)cc(C)c2)c2ccc(C3CCCC3)cc2c1[2H].[Ir]. The summed E-state index contributed by atoms with van der Waals surface area (Å²) >= 11 is 0. The van der Waals surface area contributed by atoms with Crippen molar-refractivity contribution in [2.75, 3.05) is 6.67 Å². The molecule has 6 heteroatoms. The number of aliphatic hydroxyl groups is 1. The molecule has 6 aromatic rings. The molecule has 0 saturated heterocycles. The number of benzene rings is 4. The molecule has 1 aliphatic rings. The van der Waals surface area contributed by atoms with E-state index in [0.717, 1.165) is 79.2 Å². The second-order valence-corrected chi connectivity index (χ2v) is 16.7. The zero-order chi connectivity index (χ0) is 46.8. The Kier molecular flexibility index (Phi) is 16.7. The summed E-state index contributed by atoms with van der Waals surface area (Å²) < 4.78 is 45.0. The van der Waals surface area contributed by atoms with Crippen LogP contribution in [0, 0.1) is 51.7 Å². The molecule has 0 bridgehead atoms. The van der Waals surface area contributed by atoms with Gasteiger partial charge in [-0.25, -0.2) is 0 Å². The van der Waals surface area contributed by atoms with Crippen molar-refractivity contribution in [2.24, 2.45) is 11.8 Å². The number of fused-ring (bicyclic) bond motifs is 2. The van der Waals surface area contributed by atoms with Crippen LogP contribution in [0.1, 0.15) is 137 Å². The molecule has 1 aliphatic carbocycles. The van der Waals surface area contributed by atoms with Gasteiger partial charge in [-0.15, -0.1) is 69.8 Å². The number of halogens is 1. The molecular formula is C55H65FIrN2O2-2. The molecule has 0 spiro atoms. The van der Waals surface area contributed by atoms with Crippen molar-refractivity contribution < 1.29 is 39.9 Å². The van der Waals surface area contributed by atoms with Crippen LogP contribution in [0.4, 0.5) is 4.39 Å². The summed E-state index contributed by atoms with van der Waals surface area (Å²) in [5.41, 5.74) is 10.2. The topological polar surface area (TPSA) is 63.1 Å². The maximum absolute atomic E-state index is 12.2. The van der Waals surface area contributed by atoms with Crippen molar-refractivity contribution in [3.05, 3.63) is 142 Å². The van der Waals surface area contributed by atoms with E-state index in [9.17, 15) is 14.3 Å². The van der Waals surface area contributed by atoms with Gasteiger partial charge in [0.2, 0.25) is 0 Å². The predicted octanol–water partition coefficient (Wildman–Crippen LogP) is 15.2. The minimum absolute atomic E-state index is 0. The van der Waals surface area contributed by atoms with Gasteiger partial charge in [0.15, 0.2) is 5.78 Å². The summed E-state index contributed by atoms with van der Waals surface area (Å²) in [4.78, 5) is 20.5. The second kappa shape index (κ2) is 23.6. The molecule has 325 valence electrons. The molecule has 2 aromatic heterocycles. The molecule has 1 N–H and O–H groups in total. The Morgan fingerprint density at radius 1 is 0.787 bits per heavy atom. The monoisotopic (exact) mass is 1000 g/mol. The molecule has 1 unspecified atom stereocenters. The third kappa shape index (κ3) is 13.2. The number of nitrogens with zero attached hydrogens (tertiary/aromatic N) is 2. The van der Waals surface area contributed by atoms with Gasteiger partial charge in [0.1, 0.15) is 0 Å². The Balaban J connectivity index is 0.000000218. The fraction of sp³-hybridized carbons (Fsp3) is 0.400. The van der Waals surface area contributed by atoms with Crippen LogP contribution in [0.2, 0.25) is 0 Å². The average molecular weight is 1000 g/mol. The number of aryl methyl sites for hydroxylation is 4. The van der Waals surface area contributed by atoms with Gasteiger partial charge in [0, 0.05) is 50.4 Å². The summed E-state index contributed by atoms with van der Waals surface area (Å²) in [6.07, 6.45) is 8.89. The largest absolute Gasteiger partial charge is 0.512 e. The van der Waals surface area contributed by atoms with Crippen molar-refractivity contribution in [2.45, 2.75) is 126 Å². The number of allylic oxidation sites excluding steroid dienone is 2. The number of alkyl halides is 1. The van der Waals surface area contributed by atoms with Crippen LogP contribution in [0.5, 0.6) is 0 Å². The third-order valence-electron chi connectivity index (χ3n) is 11.7. The normalized spacial score (nSPS) is 14.3. The molecule has 61 heavy (non-hydrogen) atoms. The Hall–Kier alpha value is -4.51. The van der Waals surface area contributed by atoms with E-state index in [1.54, 1.807) is 0 Å². The Morgan fingerprint density at radius 3 is 1.77 bits per heavy atom. The van der Waals surface area contributed by atoms with Gasteiger partial charge >= 0.3 is 0 Å². The summed E-state index contributed by atoms with van der Waals surface area (Å²) in [5.74, 6) is 0.741. The van der Waals surface area contributed by atoms with Crippen LogP contribution in [0.15, 0.2) is 96.9 Å². The molecule has 4 aromatic carbocycles. The van der Waals surface area contributed by atoms with E-state index < -0.39 is 6.67 Å². The summed E-state index contributed by atoms with van der Waals surface area (Å²) in [5, 5.41) is 13.2. The van der Waals surface area contributed by atoms with Crippen molar-refractivity contribution >= 4 is 27.3 Å². The number of carbonyl (C=O) groups excluding carboxylic acids is 1. The standard InChI is InChI=1S/C22H22N.C20H20N.C13H23FO2.Ir/c1-15-11-16(2)13-20(12-15)22-21-8-7-18(17-5-3-4-6-17)14-19(21)9-10-23-22;1-13(2)16-5-6-19-17(12-16)7-8-21-20(19)18-10-14(3)9-15(4)11-18;1-4-10(5-2)12(15)9-13(16)11(6-3)7-8-14;/h7-12,14,17H,3-6H2,1-2H3;5-10,12-13H,1-4H3;9-11,16H,4-8H2,1-3H3;/q2*-1;;/b;;13-9-;/i9D,10D;7D,8D;;. The van der Waals surface area contributed by atoms with Gasteiger partial charge < -0.3 is 15.1 Å². The van der Waals surface area contributed by atoms with Gasteiger partial charge in [-0.2, -0.15) is 0 Å². The van der Waals surface area contributed by atoms with E-state index in [4.69, 9.17) is 5.48 Å². The average Bonchev–Trinajstić information content (AvgIpc) is 3.81. The first kappa shape index (κ1) is 43.2. The number of aromatic nitrogens is 2. The van der Waals surface area contributed by atoms with Gasteiger partial charge in [0.25, 0.3) is 0 Å². The maximum Gasteiger partial charge on any atom is 0.162 e. The third-order valence-corrected chi connectivity index (χ3v) is 11.7. The minimum Gasteiger partial charge on any atom is -0.512 e. The molecule has 2 heterocycles. The quantitative estimate of drug-likeness (QED) is 0.0754. The molecule has 1 radical (unpaired) electrons. The first-order valence-corrected chi connectivity index (χ1v) is 21.8.